The van der Waals surface area contributed by atoms with Crippen LogP contribution < -0.4 is 5.73 Å². The first-order valence-electron chi connectivity index (χ1n) is 4.60. The molecule has 0 aliphatic rings. The molecule has 0 aromatic heterocycles. The second-order valence-electron chi connectivity index (χ2n) is 3.46. The second-order valence-corrected chi connectivity index (χ2v) is 4.38. The third-order valence-corrected chi connectivity index (χ3v) is 2.62. The van der Waals surface area contributed by atoms with Gasteiger partial charge in [-0.25, -0.2) is 0 Å². The number of phenols is 1. The van der Waals surface area contributed by atoms with Crippen molar-refractivity contribution in [3.63, 3.8) is 0 Å². The van der Waals surface area contributed by atoms with E-state index in [0.29, 0.717) is 10.0 Å². The zero-order valence-electron chi connectivity index (χ0n) is 8.67. The molecular formula is C10H12BrClF3NO. The van der Waals surface area contributed by atoms with Crippen LogP contribution in [-0.4, -0.2) is 11.3 Å². The summed E-state index contributed by atoms with van der Waals surface area (Å²) in [5.74, 6) is -0.0853. The van der Waals surface area contributed by atoms with Crippen LogP contribution in [0.15, 0.2) is 22.7 Å². The van der Waals surface area contributed by atoms with Crippen LogP contribution in [0.4, 0.5) is 13.2 Å². The van der Waals surface area contributed by atoms with Gasteiger partial charge in [-0.1, -0.05) is 15.9 Å². The van der Waals surface area contributed by atoms with E-state index in [2.05, 4.69) is 15.9 Å². The standard InChI is InChI=1S/C10H11BrF3NO.ClH/c11-6-1-2-9(16)7(5-6)8(15)3-4-10(12,13)14;/h1-2,5,8,16H,3-4,15H2;1H/t8-;/m0./s1. The Morgan fingerprint density at radius 2 is 1.94 bits per heavy atom. The Morgan fingerprint density at radius 3 is 2.47 bits per heavy atom. The molecule has 0 saturated heterocycles. The van der Waals surface area contributed by atoms with E-state index in [9.17, 15) is 18.3 Å². The van der Waals surface area contributed by atoms with Crippen LogP contribution in [0, 0.1) is 0 Å². The maximum atomic E-state index is 12.0. The van der Waals surface area contributed by atoms with Crippen LogP contribution in [0.25, 0.3) is 0 Å². The van der Waals surface area contributed by atoms with E-state index in [1.807, 2.05) is 0 Å². The van der Waals surface area contributed by atoms with E-state index in [1.165, 1.54) is 12.1 Å². The van der Waals surface area contributed by atoms with Gasteiger partial charge in [0, 0.05) is 22.5 Å². The highest BCUT2D eigenvalue weighted by Gasteiger charge is 2.28. The molecule has 0 unspecified atom stereocenters. The number of rotatable bonds is 3. The molecule has 0 aliphatic carbocycles. The summed E-state index contributed by atoms with van der Waals surface area (Å²) >= 11 is 3.17. The molecular weight excluding hydrogens is 322 g/mol. The lowest BCUT2D eigenvalue weighted by molar-refractivity contribution is -0.136. The third kappa shape index (κ3) is 5.61. The van der Waals surface area contributed by atoms with E-state index in [0.717, 1.165) is 0 Å². The molecule has 0 bridgehead atoms. The number of hydrogen-bond donors (Lipinski definition) is 2. The molecule has 1 aromatic carbocycles. The van der Waals surface area contributed by atoms with Crippen molar-refractivity contribution < 1.29 is 18.3 Å². The summed E-state index contributed by atoms with van der Waals surface area (Å²) in [5.41, 5.74) is 5.91. The van der Waals surface area contributed by atoms with E-state index in [1.54, 1.807) is 6.07 Å². The molecule has 1 aromatic rings. The maximum absolute atomic E-state index is 12.0. The van der Waals surface area contributed by atoms with Crippen LogP contribution in [0.1, 0.15) is 24.4 Å². The molecule has 1 atom stereocenters. The van der Waals surface area contributed by atoms with Gasteiger partial charge >= 0.3 is 6.18 Å². The molecule has 0 amide bonds. The van der Waals surface area contributed by atoms with Crippen molar-refractivity contribution in [2.24, 2.45) is 5.73 Å². The monoisotopic (exact) mass is 333 g/mol. The Hall–Kier alpha value is -0.460. The van der Waals surface area contributed by atoms with Crippen LogP contribution in [0.3, 0.4) is 0 Å². The highest BCUT2D eigenvalue weighted by molar-refractivity contribution is 9.10. The first kappa shape index (κ1) is 16.5. The number of aromatic hydroxyl groups is 1. The average Bonchev–Trinajstić information content (AvgIpc) is 2.17. The van der Waals surface area contributed by atoms with Gasteiger partial charge in [-0.2, -0.15) is 13.2 Å². The Morgan fingerprint density at radius 1 is 1.35 bits per heavy atom. The summed E-state index contributed by atoms with van der Waals surface area (Å²) in [6, 6.07) is 3.69. The van der Waals surface area contributed by atoms with Crippen LogP contribution in [0.5, 0.6) is 5.75 Å². The minimum atomic E-state index is -4.22. The highest BCUT2D eigenvalue weighted by Crippen LogP contribution is 2.31. The first-order chi connectivity index (χ1) is 7.29. The SMILES string of the molecule is Cl.N[C@@H](CCC(F)(F)F)c1cc(Br)ccc1O. The summed E-state index contributed by atoms with van der Waals surface area (Å²) in [7, 11) is 0. The Bertz CT molecular complexity index is 373. The Kier molecular flexibility index (Phi) is 6.29. The molecule has 0 heterocycles. The fourth-order valence-electron chi connectivity index (χ4n) is 1.30. The fraction of sp³-hybridized carbons (Fsp3) is 0.400. The molecule has 0 saturated carbocycles. The number of nitrogens with two attached hydrogens (primary N) is 1. The van der Waals surface area contributed by atoms with Gasteiger partial charge in [-0.15, -0.1) is 12.4 Å². The van der Waals surface area contributed by atoms with Crippen LogP contribution in [-0.2, 0) is 0 Å². The average molecular weight is 335 g/mol. The minimum Gasteiger partial charge on any atom is -0.508 e. The van der Waals surface area contributed by atoms with Gasteiger partial charge in [0.2, 0.25) is 0 Å². The maximum Gasteiger partial charge on any atom is 0.389 e. The molecule has 7 heteroatoms. The second kappa shape index (κ2) is 6.47. The van der Waals surface area contributed by atoms with Gasteiger partial charge in [0.05, 0.1) is 0 Å². The molecule has 17 heavy (non-hydrogen) atoms. The lowest BCUT2D eigenvalue weighted by Crippen LogP contribution is -2.15. The molecule has 0 fully saturated rings. The summed E-state index contributed by atoms with van der Waals surface area (Å²) in [5, 5.41) is 9.45. The predicted octanol–water partition coefficient (Wildman–Crippen LogP) is 3.92. The highest BCUT2D eigenvalue weighted by atomic mass is 79.9. The van der Waals surface area contributed by atoms with Crippen molar-refractivity contribution in [1.82, 2.24) is 0 Å². The quantitative estimate of drug-likeness (QED) is 0.880. The molecule has 0 aliphatic heterocycles. The van der Waals surface area contributed by atoms with Crippen molar-refractivity contribution in [3.05, 3.63) is 28.2 Å². The summed E-state index contributed by atoms with van der Waals surface area (Å²) < 4.78 is 36.6. The fourth-order valence-corrected chi connectivity index (χ4v) is 1.68. The smallest absolute Gasteiger partial charge is 0.389 e. The molecule has 2 nitrogen and oxygen atoms in total. The largest absolute Gasteiger partial charge is 0.508 e. The van der Waals surface area contributed by atoms with Crippen molar-refractivity contribution in [2.45, 2.75) is 25.1 Å². The Labute approximate surface area is 112 Å². The van der Waals surface area contributed by atoms with E-state index in [4.69, 9.17) is 5.73 Å². The van der Waals surface area contributed by atoms with E-state index < -0.39 is 18.6 Å². The number of halogens is 5. The summed E-state index contributed by atoms with van der Waals surface area (Å²) in [4.78, 5) is 0. The van der Waals surface area contributed by atoms with Gasteiger partial charge in [0.1, 0.15) is 5.75 Å². The topological polar surface area (TPSA) is 46.2 Å². The van der Waals surface area contributed by atoms with E-state index in [-0.39, 0.29) is 24.6 Å². The zero-order valence-corrected chi connectivity index (χ0v) is 11.1. The zero-order chi connectivity index (χ0) is 12.3. The molecule has 98 valence electrons. The molecule has 0 radical (unpaired) electrons. The van der Waals surface area contributed by atoms with Crippen molar-refractivity contribution in [3.8, 4) is 5.75 Å². The van der Waals surface area contributed by atoms with Crippen molar-refractivity contribution >= 4 is 28.3 Å². The van der Waals surface area contributed by atoms with Crippen LogP contribution >= 0.6 is 28.3 Å². The number of benzene rings is 1. The first-order valence-corrected chi connectivity index (χ1v) is 5.39. The molecule has 1 rings (SSSR count). The lowest BCUT2D eigenvalue weighted by Gasteiger charge is -2.15. The van der Waals surface area contributed by atoms with Gasteiger partial charge in [-0.3, -0.25) is 0 Å². The van der Waals surface area contributed by atoms with Gasteiger partial charge in [0.15, 0.2) is 0 Å². The molecule has 0 spiro atoms. The van der Waals surface area contributed by atoms with Crippen molar-refractivity contribution in [2.75, 3.05) is 0 Å². The Balaban J connectivity index is 0.00000256. The third-order valence-electron chi connectivity index (χ3n) is 2.13. The normalized spacial score (nSPS) is 13.0. The van der Waals surface area contributed by atoms with Crippen LogP contribution in [0.2, 0.25) is 0 Å². The number of alkyl halides is 3. The van der Waals surface area contributed by atoms with Crippen molar-refractivity contribution in [1.29, 1.82) is 0 Å². The predicted molar refractivity (Wildman–Crippen MR) is 65.3 cm³/mol. The summed E-state index contributed by atoms with van der Waals surface area (Å²) in [6.07, 6.45) is -5.42. The van der Waals surface area contributed by atoms with Gasteiger partial charge < -0.3 is 10.8 Å². The van der Waals surface area contributed by atoms with Gasteiger partial charge in [-0.05, 0) is 24.6 Å². The number of phenolic OH excluding ortho intramolecular Hbond substituents is 1. The van der Waals surface area contributed by atoms with E-state index >= 15 is 0 Å². The molecule has 3 N–H and O–H groups in total. The summed E-state index contributed by atoms with van der Waals surface area (Å²) in [6.45, 7) is 0. The minimum absolute atomic E-state index is 0. The van der Waals surface area contributed by atoms with Gasteiger partial charge in [0.25, 0.3) is 0 Å². The lowest BCUT2D eigenvalue weighted by atomic mass is 10.0. The number of hydrogen-bond acceptors (Lipinski definition) is 2.